The molecule has 0 radical (unpaired) electrons. The number of carbonyl (C=O) groups excluding carboxylic acids is 2. The highest BCUT2D eigenvalue weighted by Crippen LogP contribution is 2.20. The van der Waals surface area contributed by atoms with Gasteiger partial charge in [-0.2, -0.15) is 0 Å². The highest BCUT2D eigenvalue weighted by molar-refractivity contribution is 5.89. The predicted octanol–water partition coefficient (Wildman–Crippen LogP) is 1.88. The van der Waals surface area contributed by atoms with Crippen LogP contribution in [0.15, 0.2) is 30.3 Å². The van der Waals surface area contributed by atoms with Crippen LogP contribution in [0.3, 0.4) is 0 Å². The number of hydrogen-bond donors (Lipinski definition) is 1. The monoisotopic (exact) mass is 343 g/mol. The van der Waals surface area contributed by atoms with Crippen LogP contribution in [0.2, 0.25) is 0 Å². The van der Waals surface area contributed by atoms with E-state index in [1.54, 1.807) is 4.90 Å². The van der Waals surface area contributed by atoms with Crippen molar-refractivity contribution >= 4 is 11.8 Å². The minimum atomic E-state index is -0.170. The van der Waals surface area contributed by atoms with Crippen molar-refractivity contribution in [3.63, 3.8) is 0 Å². The van der Waals surface area contributed by atoms with Gasteiger partial charge in [0, 0.05) is 39.1 Å². The van der Waals surface area contributed by atoms with Crippen LogP contribution in [0, 0.1) is 11.8 Å². The molecular weight excluding hydrogens is 314 g/mol. The van der Waals surface area contributed by atoms with E-state index in [2.05, 4.69) is 34.5 Å². The van der Waals surface area contributed by atoms with E-state index in [9.17, 15) is 9.59 Å². The Hall–Kier alpha value is -1.88. The van der Waals surface area contributed by atoms with E-state index in [0.717, 1.165) is 32.6 Å². The third-order valence-electron chi connectivity index (χ3n) is 5.38. The molecule has 0 aromatic heterocycles. The van der Waals surface area contributed by atoms with Gasteiger partial charge >= 0.3 is 0 Å². The van der Waals surface area contributed by atoms with Gasteiger partial charge in [-0.3, -0.25) is 14.5 Å². The zero-order valence-corrected chi connectivity index (χ0v) is 15.1. The second-order valence-corrected chi connectivity index (χ2v) is 7.31. The Labute approximate surface area is 150 Å². The minimum absolute atomic E-state index is 0.0458. The molecule has 5 heteroatoms. The molecule has 1 aromatic carbocycles. The molecule has 25 heavy (non-hydrogen) atoms. The van der Waals surface area contributed by atoms with Gasteiger partial charge in [-0.15, -0.1) is 0 Å². The Balaban J connectivity index is 1.43. The van der Waals surface area contributed by atoms with Gasteiger partial charge in [0.25, 0.3) is 0 Å². The lowest BCUT2D eigenvalue weighted by Gasteiger charge is -2.33. The summed E-state index contributed by atoms with van der Waals surface area (Å²) in [5, 5.41) is 3.10. The van der Waals surface area contributed by atoms with Crippen LogP contribution in [0.1, 0.15) is 31.7 Å². The van der Waals surface area contributed by atoms with Gasteiger partial charge in [0.15, 0.2) is 0 Å². The van der Waals surface area contributed by atoms with Gasteiger partial charge in [0.2, 0.25) is 11.8 Å². The van der Waals surface area contributed by atoms with Crippen molar-refractivity contribution in [2.24, 2.45) is 11.8 Å². The number of amides is 2. The second-order valence-electron chi connectivity index (χ2n) is 7.31. The quantitative estimate of drug-likeness (QED) is 0.858. The van der Waals surface area contributed by atoms with Gasteiger partial charge in [-0.1, -0.05) is 30.3 Å². The van der Waals surface area contributed by atoms with E-state index >= 15 is 0 Å². The molecule has 2 saturated heterocycles. The maximum Gasteiger partial charge on any atom is 0.225 e. The first-order valence-corrected chi connectivity index (χ1v) is 9.47. The summed E-state index contributed by atoms with van der Waals surface area (Å²) in [5.41, 5.74) is 1.34. The molecule has 3 rings (SSSR count). The van der Waals surface area contributed by atoms with Crippen molar-refractivity contribution in [2.75, 3.05) is 32.7 Å². The fraction of sp³-hybridized carbons (Fsp3) is 0.600. The second kappa shape index (κ2) is 8.48. The molecule has 0 spiro atoms. The molecule has 2 aliphatic rings. The summed E-state index contributed by atoms with van der Waals surface area (Å²) in [7, 11) is 0. The highest BCUT2D eigenvalue weighted by atomic mass is 16.2. The molecule has 0 saturated carbocycles. The Bertz CT molecular complexity index is 590. The Morgan fingerprint density at radius 2 is 2.04 bits per heavy atom. The number of rotatable bonds is 6. The molecule has 5 nitrogen and oxygen atoms in total. The van der Waals surface area contributed by atoms with E-state index < -0.39 is 0 Å². The molecule has 2 unspecified atom stereocenters. The third-order valence-corrected chi connectivity index (χ3v) is 5.38. The fourth-order valence-corrected chi connectivity index (χ4v) is 3.95. The number of hydrogen-bond acceptors (Lipinski definition) is 3. The molecule has 136 valence electrons. The van der Waals surface area contributed by atoms with Crippen LogP contribution in [-0.2, 0) is 16.1 Å². The zero-order chi connectivity index (χ0) is 17.6. The molecule has 1 N–H and O–H groups in total. The first-order chi connectivity index (χ1) is 12.2. The number of carbonyl (C=O) groups is 2. The molecule has 2 fully saturated rings. The van der Waals surface area contributed by atoms with Crippen LogP contribution < -0.4 is 5.32 Å². The summed E-state index contributed by atoms with van der Waals surface area (Å²) in [5.74, 6) is 0.482. The van der Waals surface area contributed by atoms with E-state index in [0.29, 0.717) is 25.4 Å². The van der Waals surface area contributed by atoms with Crippen LogP contribution in [-0.4, -0.2) is 54.3 Å². The molecule has 2 heterocycles. The van der Waals surface area contributed by atoms with Crippen molar-refractivity contribution in [3.05, 3.63) is 35.9 Å². The molecular formula is C20H29N3O2. The minimum Gasteiger partial charge on any atom is -0.355 e. The Kier molecular flexibility index (Phi) is 6.08. The lowest BCUT2D eigenvalue weighted by Crippen LogP contribution is -2.42. The van der Waals surface area contributed by atoms with Gasteiger partial charge in [0.05, 0.1) is 5.92 Å². The number of likely N-dealkylation sites (tertiary alicyclic amines) is 2. The largest absolute Gasteiger partial charge is 0.355 e. The van der Waals surface area contributed by atoms with Gasteiger partial charge in [-0.25, -0.2) is 0 Å². The van der Waals surface area contributed by atoms with Gasteiger partial charge in [0.1, 0.15) is 0 Å². The average molecular weight is 343 g/mol. The summed E-state index contributed by atoms with van der Waals surface area (Å²) in [4.78, 5) is 28.4. The Morgan fingerprint density at radius 1 is 1.24 bits per heavy atom. The predicted molar refractivity (Wildman–Crippen MR) is 97.8 cm³/mol. The standard InChI is InChI=1S/C20H29N3O2/c1-2-23-15-18(11-19(23)24)20(25)21-12-17-9-6-10-22(14-17)13-16-7-4-3-5-8-16/h3-5,7-8,17-18H,2,6,9-15H2,1H3,(H,21,25). The fourth-order valence-electron chi connectivity index (χ4n) is 3.95. The summed E-state index contributed by atoms with van der Waals surface area (Å²) in [6, 6.07) is 10.5. The molecule has 0 aliphatic carbocycles. The molecule has 1 aromatic rings. The SMILES string of the molecule is CCN1CC(C(=O)NCC2CCCN(Cc3ccccc3)C2)CC1=O. The van der Waals surface area contributed by atoms with Crippen molar-refractivity contribution in [2.45, 2.75) is 32.7 Å². The van der Waals surface area contributed by atoms with E-state index in [1.807, 2.05) is 13.0 Å². The molecule has 2 aliphatic heterocycles. The van der Waals surface area contributed by atoms with E-state index in [-0.39, 0.29) is 17.7 Å². The lowest BCUT2D eigenvalue weighted by molar-refractivity contribution is -0.128. The van der Waals surface area contributed by atoms with Gasteiger partial charge < -0.3 is 10.2 Å². The van der Waals surface area contributed by atoms with Crippen molar-refractivity contribution in [3.8, 4) is 0 Å². The van der Waals surface area contributed by atoms with Crippen LogP contribution in [0.5, 0.6) is 0 Å². The smallest absolute Gasteiger partial charge is 0.225 e. The molecule has 2 amide bonds. The summed E-state index contributed by atoms with van der Waals surface area (Å²) < 4.78 is 0. The number of piperidine rings is 1. The molecule has 2 atom stereocenters. The van der Waals surface area contributed by atoms with Crippen LogP contribution in [0.4, 0.5) is 0 Å². The van der Waals surface area contributed by atoms with Crippen molar-refractivity contribution in [1.82, 2.24) is 15.1 Å². The van der Waals surface area contributed by atoms with E-state index in [1.165, 1.54) is 12.0 Å². The first kappa shape index (κ1) is 17.9. The first-order valence-electron chi connectivity index (χ1n) is 9.47. The topological polar surface area (TPSA) is 52.7 Å². The van der Waals surface area contributed by atoms with E-state index in [4.69, 9.17) is 0 Å². The Morgan fingerprint density at radius 3 is 2.76 bits per heavy atom. The summed E-state index contributed by atoms with van der Waals surface area (Å²) >= 11 is 0. The lowest BCUT2D eigenvalue weighted by atomic mass is 9.97. The third kappa shape index (κ3) is 4.82. The summed E-state index contributed by atoms with van der Waals surface area (Å²) in [6.07, 6.45) is 2.71. The average Bonchev–Trinajstić information content (AvgIpc) is 3.02. The number of benzene rings is 1. The van der Waals surface area contributed by atoms with Crippen LogP contribution >= 0.6 is 0 Å². The summed E-state index contributed by atoms with van der Waals surface area (Å²) in [6.45, 7) is 7.09. The van der Waals surface area contributed by atoms with Crippen molar-refractivity contribution in [1.29, 1.82) is 0 Å². The van der Waals surface area contributed by atoms with Gasteiger partial charge in [-0.05, 0) is 37.8 Å². The van der Waals surface area contributed by atoms with Crippen molar-refractivity contribution < 1.29 is 9.59 Å². The zero-order valence-electron chi connectivity index (χ0n) is 15.1. The maximum absolute atomic E-state index is 12.4. The van der Waals surface area contributed by atoms with Crippen LogP contribution in [0.25, 0.3) is 0 Å². The number of nitrogens with one attached hydrogen (secondary N) is 1. The molecule has 0 bridgehead atoms. The maximum atomic E-state index is 12.4. The normalized spacial score (nSPS) is 24.5. The highest BCUT2D eigenvalue weighted by Gasteiger charge is 2.33. The number of nitrogens with zero attached hydrogens (tertiary/aromatic N) is 2.